The number of anilines is 4. The molecule has 3 aromatic rings. The molecule has 3 heterocycles. The van der Waals surface area contributed by atoms with E-state index in [1.54, 1.807) is 13.8 Å². The van der Waals surface area contributed by atoms with Crippen molar-refractivity contribution in [1.29, 1.82) is 0 Å². The van der Waals surface area contributed by atoms with Gasteiger partial charge in [-0.1, -0.05) is 33.8 Å². The molecule has 4 N–H and O–H groups in total. The summed E-state index contributed by atoms with van der Waals surface area (Å²) in [6.45, 7) is 6.89. The van der Waals surface area contributed by atoms with Gasteiger partial charge >= 0.3 is 6.18 Å². The molecule has 0 unspecified atom stereocenters. The molecule has 13 heteroatoms. The van der Waals surface area contributed by atoms with E-state index in [0.29, 0.717) is 12.2 Å². The molecule has 0 fully saturated rings. The highest BCUT2D eigenvalue weighted by molar-refractivity contribution is 5.99. The van der Waals surface area contributed by atoms with Crippen LogP contribution in [-0.4, -0.2) is 51.8 Å². The normalized spacial score (nSPS) is 14.9. The van der Waals surface area contributed by atoms with Crippen LogP contribution in [0.3, 0.4) is 0 Å². The molecule has 39 heavy (non-hydrogen) atoms. The van der Waals surface area contributed by atoms with Gasteiger partial charge in [-0.3, -0.25) is 9.18 Å². The van der Waals surface area contributed by atoms with Gasteiger partial charge in [0.2, 0.25) is 5.95 Å². The molecule has 0 spiro atoms. The molecule has 2 aromatic heterocycles. The Bertz CT molecular complexity index is 1360. The van der Waals surface area contributed by atoms with Gasteiger partial charge in [-0.25, -0.2) is 15.0 Å². The minimum absolute atomic E-state index is 0.0295. The van der Waals surface area contributed by atoms with E-state index < -0.39 is 30.7 Å². The first-order valence-corrected chi connectivity index (χ1v) is 12.3. The van der Waals surface area contributed by atoms with Crippen LogP contribution in [0.2, 0.25) is 0 Å². The second-order valence-electron chi connectivity index (χ2n) is 10.6. The Balaban J connectivity index is 1.66. The number of nitrogens with zero attached hydrogens (tertiary/aromatic N) is 4. The smallest absolute Gasteiger partial charge is 0.343 e. The van der Waals surface area contributed by atoms with Gasteiger partial charge in [-0.2, -0.15) is 18.2 Å². The maximum atomic E-state index is 13.5. The van der Waals surface area contributed by atoms with E-state index in [9.17, 15) is 22.4 Å². The van der Waals surface area contributed by atoms with Crippen molar-refractivity contribution in [2.45, 2.75) is 51.2 Å². The largest absolute Gasteiger partial charge is 0.405 e. The van der Waals surface area contributed by atoms with Crippen LogP contribution >= 0.6 is 0 Å². The average Bonchev–Trinajstić information content (AvgIpc) is 2.87. The lowest BCUT2D eigenvalue weighted by atomic mass is 9.79. The molecule has 1 aliphatic heterocycles. The number of rotatable bonds is 8. The van der Waals surface area contributed by atoms with E-state index in [1.165, 1.54) is 17.8 Å². The quantitative estimate of drug-likeness (QED) is 0.301. The van der Waals surface area contributed by atoms with Crippen LogP contribution in [-0.2, 0) is 17.4 Å². The van der Waals surface area contributed by atoms with Crippen molar-refractivity contribution in [2.75, 3.05) is 30.4 Å². The third kappa shape index (κ3) is 6.77. The number of hydrogen-bond acceptors (Lipinski definition) is 8. The van der Waals surface area contributed by atoms with Gasteiger partial charge in [0, 0.05) is 36.6 Å². The fourth-order valence-electron chi connectivity index (χ4n) is 4.13. The molecular formula is C26H30F4N8O. The molecule has 0 saturated carbocycles. The molecule has 0 radical (unpaired) electrons. The van der Waals surface area contributed by atoms with E-state index >= 15 is 0 Å². The van der Waals surface area contributed by atoms with E-state index in [1.807, 2.05) is 23.5 Å². The van der Waals surface area contributed by atoms with E-state index in [4.69, 9.17) is 0 Å². The standard InChI is InChI=1S/C26H30F4N8O/c1-24(2,12-27)22-32-8-7-19(37-22)36-20-17(21(39)34-14-26(28,29)30)11-33-23(38-20)35-16-5-6-18-15(9-16)10-31-13-25(18,3)4/h5-9,11,31H,10,12-14H2,1-4H3,(H,34,39)(H2,32,33,35,36,37,38). The average molecular weight is 547 g/mol. The Morgan fingerprint density at radius 1 is 1.10 bits per heavy atom. The van der Waals surface area contributed by atoms with Crippen molar-refractivity contribution in [3.63, 3.8) is 0 Å². The third-order valence-corrected chi connectivity index (χ3v) is 6.30. The summed E-state index contributed by atoms with van der Waals surface area (Å²) in [5.74, 6) is -0.627. The van der Waals surface area contributed by atoms with Crippen molar-refractivity contribution < 1.29 is 22.4 Å². The molecule has 1 aromatic carbocycles. The number of benzene rings is 1. The Hall–Kier alpha value is -3.87. The highest BCUT2D eigenvalue weighted by Gasteiger charge is 2.30. The number of nitrogens with one attached hydrogen (secondary N) is 4. The maximum absolute atomic E-state index is 13.5. The third-order valence-electron chi connectivity index (χ3n) is 6.30. The van der Waals surface area contributed by atoms with Crippen LogP contribution in [0.25, 0.3) is 0 Å². The lowest BCUT2D eigenvalue weighted by Gasteiger charge is -2.33. The Morgan fingerprint density at radius 2 is 1.87 bits per heavy atom. The van der Waals surface area contributed by atoms with Gasteiger partial charge in [0.05, 0.1) is 5.41 Å². The molecule has 1 amide bonds. The minimum Gasteiger partial charge on any atom is -0.343 e. The van der Waals surface area contributed by atoms with Crippen molar-refractivity contribution in [3.05, 3.63) is 59.2 Å². The lowest BCUT2D eigenvalue weighted by Crippen LogP contribution is -2.38. The summed E-state index contributed by atoms with van der Waals surface area (Å²) in [4.78, 5) is 29.6. The number of alkyl halides is 4. The maximum Gasteiger partial charge on any atom is 0.405 e. The summed E-state index contributed by atoms with van der Waals surface area (Å²) < 4.78 is 51.7. The van der Waals surface area contributed by atoms with Gasteiger partial charge in [0.1, 0.15) is 36.2 Å². The van der Waals surface area contributed by atoms with Crippen LogP contribution < -0.4 is 21.3 Å². The van der Waals surface area contributed by atoms with E-state index in [0.717, 1.165) is 18.3 Å². The van der Waals surface area contributed by atoms with Gasteiger partial charge in [0.15, 0.2) is 0 Å². The number of hydrogen-bond donors (Lipinski definition) is 4. The molecule has 208 valence electrons. The van der Waals surface area contributed by atoms with Crippen LogP contribution in [0.1, 0.15) is 55.0 Å². The zero-order chi connectivity index (χ0) is 28.4. The second kappa shape index (κ2) is 10.7. The summed E-state index contributed by atoms with van der Waals surface area (Å²) in [5, 5.41) is 11.2. The Kier molecular flexibility index (Phi) is 7.73. The van der Waals surface area contributed by atoms with Crippen LogP contribution in [0.5, 0.6) is 0 Å². The number of carbonyl (C=O) groups is 1. The first kappa shape index (κ1) is 28.1. The Morgan fingerprint density at radius 3 is 2.59 bits per heavy atom. The fourth-order valence-corrected chi connectivity index (χ4v) is 4.13. The molecule has 0 aliphatic carbocycles. The topological polar surface area (TPSA) is 117 Å². The number of aromatic nitrogens is 4. The molecule has 4 rings (SSSR count). The predicted molar refractivity (Wildman–Crippen MR) is 139 cm³/mol. The SMILES string of the molecule is CC(C)(CF)c1nccc(Nc2nc(Nc3ccc4c(c3)CNCC4(C)C)ncc2C(=O)NCC(F)(F)F)n1. The number of fused-ring (bicyclic) bond motifs is 1. The van der Waals surface area contributed by atoms with Gasteiger partial charge < -0.3 is 21.3 Å². The number of amides is 1. The van der Waals surface area contributed by atoms with Gasteiger partial charge in [-0.15, -0.1) is 0 Å². The fraction of sp³-hybridized carbons (Fsp3) is 0.423. The minimum atomic E-state index is -4.60. The summed E-state index contributed by atoms with van der Waals surface area (Å²) >= 11 is 0. The first-order valence-electron chi connectivity index (χ1n) is 12.3. The van der Waals surface area contributed by atoms with E-state index in [-0.39, 0.29) is 34.4 Å². The van der Waals surface area contributed by atoms with Crippen LogP contribution in [0.15, 0.2) is 36.7 Å². The van der Waals surface area contributed by atoms with Gasteiger partial charge in [0.25, 0.3) is 5.91 Å². The highest BCUT2D eigenvalue weighted by atomic mass is 19.4. The Labute approximate surface area is 223 Å². The van der Waals surface area contributed by atoms with Crippen LogP contribution in [0.4, 0.5) is 40.8 Å². The second-order valence-corrected chi connectivity index (χ2v) is 10.6. The molecule has 1 aliphatic rings. The highest BCUT2D eigenvalue weighted by Crippen LogP contribution is 2.32. The summed E-state index contributed by atoms with van der Waals surface area (Å²) in [5.41, 5.74) is 1.80. The van der Waals surface area contributed by atoms with Gasteiger partial charge in [-0.05, 0) is 29.3 Å². The van der Waals surface area contributed by atoms with Crippen molar-refractivity contribution in [3.8, 4) is 0 Å². The molecule has 9 nitrogen and oxygen atoms in total. The monoisotopic (exact) mass is 546 g/mol. The zero-order valence-corrected chi connectivity index (χ0v) is 22.0. The summed E-state index contributed by atoms with van der Waals surface area (Å²) in [6.07, 6.45) is -2.06. The first-order chi connectivity index (χ1) is 18.3. The zero-order valence-electron chi connectivity index (χ0n) is 22.0. The molecule has 0 saturated heterocycles. The van der Waals surface area contributed by atoms with Crippen molar-refractivity contribution in [2.24, 2.45) is 0 Å². The predicted octanol–water partition coefficient (Wildman–Crippen LogP) is 4.67. The van der Waals surface area contributed by atoms with Crippen LogP contribution in [0, 0.1) is 0 Å². The summed E-state index contributed by atoms with van der Waals surface area (Å²) in [6, 6.07) is 7.37. The number of halogens is 4. The molecule has 0 atom stereocenters. The van der Waals surface area contributed by atoms with Crippen molar-refractivity contribution >= 4 is 29.2 Å². The number of carbonyl (C=O) groups excluding carboxylic acids is 1. The molecule has 0 bridgehead atoms. The molecular weight excluding hydrogens is 516 g/mol. The summed E-state index contributed by atoms with van der Waals surface area (Å²) in [7, 11) is 0. The van der Waals surface area contributed by atoms with Crippen molar-refractivity contribution in [1.82, 2.24) is 30.6 Å². The lowest BCUT2D eigenvalue weighted by molar-refractivity contribution is -0.123. The van der Waals surface area contributed by atoms with E-state index in [2.05, 4.69) is 49.7 Å².